The van der Waals surface area contributed by atoms with Gasteiger partial charge in [-0.05, 0) is 31.3 Å². The maximum Gasteiger partial charge on any atom is 0.238 e. The minimum absolute atomic E-state index is 0.196. The molecule has 2 aromatic rings. The van der Waals surface area contributed by atoms with E-state index in [1.807, 2.05) is 18.0 Å². The maximum atomic E-state index is 12.9. The topological polar surface area (TPSA) is 71.5 Å². The second-order valence-electron chi connectivity index (χ2n) is 4.58. The predicted molar refractivity (Wildman–Crippen MR) is 74.5 cm³/mol. The van der Waals surface area contributed by atoms with Gasteiger partial charge in [0.05, 0.1) is 30.4 Å². The van der Waals surface area contributed by atoms with Crippen LogP contribution >= 0.6 is 0 Å². The standard InChI is InChI=1S/C14H16FN3O2/c1-18(7-10-4-5-20-9-10)8-14(19)17-13-3-2-11(15)6-12(13)16/h2-6,9H,7-8,16H2,1H3,(H,17,19). The SMILES string of the molecule is CN(CC(=O)Nc1ccc(F)cc1N)Cc1ccoc1. The number of nitrogens with one attached hydrogen (secondary N) is 1. The van der Waals surface area contributed by atoms with Gasteiger partial charge in [-0.25, -0.2) is 4.39 Å². The number of furan rings is 1. The normalized spacial score (nSPS) is 10.8. The Hall–Kier alpha value is -2.34. The van der Waals surface area contributed by atoms with Gasteiger partial charge >= 0.3 is 0 Å². The summed E-state index contributed by atoms with van der Waals surface area (Å²) in [5.74, 6) is -0.646. The zero-order valence-electron chi connectivity index (χ0n) is 11.1. The van der Waals surface area contributed by atoms with Crippen molar-refractivity contribution < 1.29 is 13.6 Å². The number of likely N-dealkylation sites (N-methyl/N-ethyl adjacent to an activating group) is 1. The monoisotopic (exact) mass is 277 g/mol. The lowest BCUT2D eigenvalue weighted by Gasteiger charge is -2.15. The lowest BCUT2D eigenvalue weighted by atomic mass is 10.2. The van der Waals surface area contributed by atoms with Crippen LogP contribution in [0.25, 0.3) is 0 Å². The Morgan fingerprint density at radius 1 is 1.45 bits per heavy atom. The first-order valence-corrected chi connectivity index (χ1v) is 6.09. The van der Waals surface area contributed by atoms with Gasteiger partial charge in [0.2, 0.25) is 5.91 Å². The summed E-state index contributed by atoms with van der Waals surface area (Å²) < 4.78 is 17.9. The number of amides is 1. The summed E-state index contributed by atoms with van der Waals surface area (Å²) in [6.07, 6.45) is 3.22. The third-order valence-corrected chi connectivity index (χ3v) is 2.73. The number of anilines is 2. The van der Waals surface area contributed by atoms with Crippen LogP contribution in [0, 0.1) is 5.82 Å². The van der Waals surface area contributed by atoms with Crippen molar-refractivity contribution in [3.05, 3.63) is 48.2 Å². The summed E-state index contributed by atoms with van der Waals surface area (Å²) in [6, 6.07) is 5.71. The van der Waals surface area contributed by atoms with Crippen LogP contribution in [0.4, 0.5) is 15.8 Å². The van der Waals surface area contributed by atoms with E-state index in [9.17, 15) is 9.18 Å². The Kier molecular flexibility index (Phi) is 4.37. The van der Waals surface area contributed by atoms with Crippen LogP contribution in [0.2, 0.25) is 0 Å². The fraction of sp³-hybridized carbons (Fsp3) is 0.214. The quantitative estimate of drug-likeness (QED) is 0.821. The molecule has 1 aromatic carbocycles. The summed E-state index contributed by atoms with van der Waals surface area (Å²) in [7, 11) is 1.82. The van der Waals surface area contributed by atoms with Crippen molar-refractivity contribution in [1.29, 1.82) is 0 Å². The van der Waals surface area contributed by atoms with Crippen molar-refractivity contribution in [2.24, 2.45) is 0 Å². The van der Waals surface area contributed by atoms with Crippen LogP contribution in [0.5, 0.6) is 0 Å². The van der Waals surface area contributed by atoms with Crippen molar-refractivity contribution >= 4 is 17.3 Å². The molecule has 0 saturated heterocycles. The predicted octanol–water partition coefficient (Wildman–Crippen LogP) is 2.07. The number of halogens is 1. The molecule has 106 valence electrons. The van der Waals surface area contributed by atoms with Crippen molar-refractivity contribution in [3.8, 4) is 0 Å². The van der Waals surface area contributed by atoms with Crippen molar-refractivity contribution in [2.75, 3.05) is 24.6 Å². The molecule has 0 bridgehead atoms. The molecule has 0 atom stereocenters. The molecule has 0 radical (unpaired) electrons. The van der Waals surface area contributed by atoms with E-state index in [-0.39, 0.29) is 18.1 Å². The first-order chi connectivity index (χ1) is 9.54. The van der Waals surface area contributed by atoms with Gasteiger partial charge in [0, 0.05) is 12.1 Å². The number of benzene rings is 1. The minimum Gasteiger partial charge on any atom is -0.472 e. The lowest BCUT2D eigenvalue weighted by molar-refractivity contribution is -0.117. The van der Waals surface area contributed by atoms with E-state index in [0.717, 1.165) is 5.56 Å². The summed E-state index contributed by atoms with van der Waals surface area (Å²) in [4.78, 5) is 13.7. The lowest BCUT2D eigenvalue weighted by Crippen LogP contribution is -2.29. The third-order valence-electron chi connectivity index (χ3n) is 2.73. The van der Waals surface area contributed by atoms with Crippen LogP contribution in [-0.2, 0) is 11.3 Å². The highest BCUT2D eigenvalue weighted by molar-refractivity contribution is 5.95. The number of hydrogen-bond donors (Lipinski definition) is 2. The fourth-order valence-corrected chi connectivity index (χ4v) is 1.83. The molecule has 0 aliphatic heterocycles. The smallest absolute Gasteiger partial charge is 0.238 e. The first kappa shape index (κ1) is 14.1. The number of hydrogen-bond acceptors (Lipinski definition) is 4. The summed E-state index contributed by atoms with van der Waals surface area (Å²) >= 11 is 0. The zero-order valence-corrected chi connectivity index (χ0v) is 11.1. The van der Waals surface area contributed by atoms with E-state index < -0.39 is 5.82 Å². The average Bonchev–Trinajstić information content (AvgIpc) is 2.85. The summed E-state index contributed by atoms with van der Waals surface area (Å²) in [6.45, 7) is 0.796. The Morgan fingerprint density at radius 2 is 2.25 bits per heavy atom. The first-order valence-electron chi connectivity index (χ1n) is 6.09. The van der Waals surface area contributed by atoms with Crippen LogP contribution in [0.15, 0.2) is 41.2 Å². The van der Waals surface area contributed by atoms with E-state index in [0.29, 0.717) is 12.2 Å². The van der Waals surface area contributed by atoms with Crippen LogP contribution < -0.4 is 11.1 Å². The number of rotatable bonds is 5. The summed E-state index contributed by atoms with van der Waals surface area (Å²) in [5, 5.41) is 2.65. The van der Waals surface area contributed by atoms with Crippen molar-refractivity contribution in [3.63, 3.8) is 0 Å². The second-order valence-corrected chi connectivity index (χ2v) is 4.58. The van der Waals surface area contributed by atoms with E-state index >= 15 is 0 Å². The highest BCUT2D eigenvalue weighted by Crippen LogP contribution is 2.18. The minimum atomic E-state index is -0.433. The number of nitrogens with two attached hydrogens (primary N) is 1. The highest BCUT2D eigenvalue weighted by Gasteiger charge is 2.10. The molecule has 1 heterocycles. The molecule has 1 aromatic heterocycles. The Morgan fingerprint density at radius 3 is 2.90 bits per heavy atom. The van der Waals surface area contributed by atoms with Crippen molar-refractivity contribution in [2.45, 2.75) is 6.54 Å². The molecule has 20 heavy (non-hydrogen) atoms. The number of carbonyl (C=O) groups excluding carboxylic acids is 1. The van der Waals surface area contributed by atoms with E-state index in [4.69, 9.17) is 10.2 Å². The highest BCUT2D eigenvalue weighted by atomic mass is 19.1. The molecule has 0 spiro atoms. The summed E-state index contributed by atoms with van der Waals surface area (Å²) in [5.41, 5.74) is 7.23. The molecule has 0 saturated carbocycles. The number of nitrogen functional groups attached to an aromatic ring is 1. The molecule has 0 fully saturated rings. The van der Waals surface area contributed by atoms with E-state index in [1.165, 1.54) is 18.2 Å². The Bertz CT molecular complexity index is 584. The van der Waals surface area contributed by atoms with Gasteiger partial charge in [0.1, 0.15) is 5.82 Å². The van der Waals surface area contributed by atoms with Gasteiger partial charge in [-0.15, -0.1) is 0 Å². The fourth-order valence-electron chi connectivity index (χ4n) is 1.83. The van der Waals surface area contributed by atoms with Crippen LogP contribution in [-0.4, -0.2) is 24.4 Å². The Labute approximate surface area is 116 Å². The molecule has 2 rings (SSSR count). The third kappa shape index (κ3) is 3.83. The maximum absolute atomic E-state index is 12.9. The van der Waals surface area contributed by atoms with Gasteiger partial charge in [-0.1, -0.05) is 0 Å². The average molecular weight is 277 g/mol. The molecular weight excluding hydrogens is 261 g/mol. The van der Waals surface area contributed by atoms with Crippen molar-refractivity contribution in [1.82, 2.24) is 4.90 Å². The van der Waals surface area contributed by atoms with Gasteiger partial charge in [-0.2, -0.15) is 0 Å². The molecule has 6 heteroatoms. The van der Waals surface area contributed by atoms with Gasteiger partial charge < -0.3 is 15.5 Å². The van der Waals surface area contributed by atoms with E-state index in [2.05, 4.69) is 5.32 Å². The zero-order chi connectivity index (χ0) is 14.5. The van der Waals surface area contributed by atoms with Gasteiger partial charge in [-0.3, -0.25) is 9.69 Å². The van der Waals surface area contributed by atoms with E-state index in [1.54, 1.807) is 12.5 Å². The molecule has 0 aliphatic carbocycles. The number of carbonyl (C=O) groups is 1. The van der Waals surface area contributed by atoms with Gasteiger partial charge in [0.15, 0.2) is 0 Å². The molecule has 5 nitrogen and oxygen atoms in total. The van der Waals surface area contributed by atoms with Gasteiger partial charge in [0.25, 0.3) is 0 Å². The molecule has 0 unspecified atom stereocenters. The molecule has 0 aliphatic rings. The molecular formula is C14H16FN3O2. The largest absolute Gasteiger partial charge is 0.472 e. The Balaban J connectivity index is 1.88. The number of nitrogens with zero attached hydrogens (tertiary/aromatic N) is 1. The molecule has 1 amide bonds. The van der Waals surface area contributed by atoms with Crippen LogP contribution in [0.3, 0.4) is 0 Å². The van der Waals surface area contributed by atoms with Crippen LogP contribution in [0.1, 0.15) is 5.56 Å². The second kappa shape index (κ2) is 6.21. The molecule has 3 N–H and O–H groups in total.